The Morgan fingerprint density at radius 1 is 1.64 bits per heavy atom. The molecule has 0 radical (unpaired) electrons. The van der Waals surface area contributed by atoms with E-state index in [4.69, 9.17) is 5.11 Å². The first-order valence-electron chi connectivity index (χ1n) is 4.00. The lowest BCUT2D eigenvalue weighted by molar-refractivity contribution is 0.0957. The Hall–Kier alpha value is -1.75. The molecule has 0 aliphatic heterocycles. The van der Waals surface area contributed by atoms with Crippen LogP contribution in [0.15, 0.2) is 12.1 Å². The van der Waals surface area contributed by atoms with Crippen LogP contribution < -0.4 is 5.32 Å². The Bertz CT molecular complexity index is 363. The number of aromatic nitrogens is 1. The highest BCUT2D eigenvalue weighted by molar-refractivity contribution is 5.93. The van der Waals surface area contributed by atoms with Crippen molar-refractivity contribution in [2.75, 3.05) is 7.05 Å². The van der Waals surface area contributed by atoms with Crippen molar-refractivity contribution >= 4 is 12.2 Å². The number of carbonyl (C=O) groups is 2. The van der Waals surface area contributed by atoms with Gasteiger partial charge in [0, 0.05) is 12.6 Å². The zero-order valence-electron chi connectivity index (χ0n) is 7.65. The van der Waals surface area contributed by atoms with E-state index in [2.05, 4.69) is 10.3 Å². The normalized spacial score (nSPS) is 9.57. The van der Waals surface area contributed by atoms with Gasteiger partial charge in [-0.25, -0.2) is 4.98 Å². The van der Waals surface area contributed by atoms with Gasteiger partial charge in [0.05, 0.1) is 12.3 Å². The van der Waals surface area contributed by atoms with E-state index in [0.29, 0.717) is 17.5 Å². The quantitative estimate of drug-likeness (QED) is 0.650. The lowest BCUT2D eigenvalue weighted by atomic mass is 10.2. The molecule has 0 fully saturated rings. The number of nitrogens with zero attached hydrogens (tertiary/aromatic N) is 1. The van der Waals surface area contributed by atoms with Crippen molar-refractivity contribution in [3.8, 4) is 0 Å². The molecule has 5 heteroatoms. The van der Waals surface area contributed by atoms with Gasteiger partial charge < -0.3 is 10.4 Å². The maximum Gasteiger partial charge on any atom is 0.269 e. The molecule has 5 nitrogen and oxygen atoms in total. The molecule has 0 aliphatic carbocycles. The minimum Gasteiger partial charge on any atom is -0.390 e. The number of nitrogens with one attached hydrogen (secondary N) is 1. The zero-order valence-corrected chi connectivity index (χ0v) is 7.65. The third-order valence-corrected chi connectivity index (χ3v) is 1.66. The third-order valence-electron chi connectivity index (χ3n) is 1.66. The molecule has 1 aromatic rings. The number of hydrogen-bond donors (Lipinski definition) is 2. The average Bonchev–Trinajstić information content (AvgIpc) is 2.27. The molecular formula is C9H10N2O3. The molecule has 1 amide bonds. The van der Waals surface area contributed by atoms with Crippen molar-refractivity contribution in [3.63, 3.8) is 0 Å². The second kappa shape index (κ2) is 4.48. The lowest BCUT2D eigenvalue weighted by Crippen LogP contribution is -2.20. The van der Waals surface area contributed by atoms with Crippen molar-refractivity contribution in [1.82, 2.24) is 10.3 Å². The first-order chi connectivity index (χ1) is 6.71. The molecule has 1 rings (SSSR count). The highest BCUT2D eigenvalue weighted by atomic mass is 16.3. The fourth-order valence-corrected chi connectivity index (χ4v) is 1.00. The topological polar surface area (TPSA) is 79.3 Å². The maximum atomic E-state index is 11.2. The van der Waals surface area contributed by atoms with Crippen molar-refractivity contribution in [2.24, 2.45) is 0 Å². The summed E-state index contributed by atoms with van der Waals surface area (Å²) in [5.41, 5.74) is 0.747. The van der Waals surface area contributed by atoms with E-state index >= 15 is 0 Å². The Labute approximate surface area is 80.8 Å². The minimum absolute atomic E-state index is 0.126. The monoisotopic (exact) mass is 194 g/mol. The second-order valence-electron chi connectivity index (χ2n) is 2.63. The third kappa shape index (κ3) is 2.14. The van der Waals surface area contributed by atoms with Crippen molar-refractivity contribution in [2.45, 2.75) is 6.61 Å². The van der Waals surface area contributed by atoms with E-state index in [1.165, 1.54) is 19.2 Å². The van der Waals surface area contributed by atoms with Crippen LogP contribution in [0, 0.1) is 0 Å². The molecule has 0 spiro atoms. The van der Waals surface area contributed by atoms with E-state index in [-0.39, 0.29) is 18.2 Å². The number of aliphatic hydroxyl groups is 1. The van der Waals surface area contributed by atoms with Crippen LogP contribution in [0.3, 0.4) is 0 Å². The van der Waals surface area contributed by atoms with Gasteiger partial charge in [-0.05, 0) is 12.1 Å². The smallest absolute Gasteiger partial charge is 0.269 e. The fraction of sp³-hybridized carbons (Fsp3) is 0.222. The van der Waals surface area contributed by atoms with E-state index < -0.39 is 0 Å². The van der Waals surface area contributed by atoms with Crippen LogP contribution in [0.25, 0.3) is 0 Å². The molecule has 2 N–H and O–H groups in total. The molecule has 0 saturated heterocycles. The van der Waals surface area contributed by atoms with Gasteiger partial charge >= 0.3 is 0 Å². The summed E-state index contributed by atoms with van der Waals surface area (Å²) in [7, 11) is 1.47. The molecule has 0 aliphatic rings. The largest absolute Gasteiger partial charge is 0.390 e. The summed E-state index contributed by atoms with van der Waals surface area (Å²) < 4.78 is 0. The highest BCUT2D eigenvalue weighted by Gasteiger charge is 2.07. The number of pyridine rings is 1. The van der Waals surface area contributed by atoms with Gasteiger partial charge in [0.1, 0.15) is 12.0 Å². The summed E-state index contributed by atoms with van der Waals surface area (Å²) in [6.07, 6.45) is 0.604. The number of hydrogen-bond acceptors (Lipinski definition) is 4. The SMILES string of the molecule is CNC(=O)c1cc(C=O)cc(CO)n1. The molecule has 1 aromatic heterocycles. The van der Waals surface area contributed by atoms with Crippen molar-refractivity contribution < 1.29 is 14.7 Å². The van der Waals surface area contributed by atoms with Gasteiger partial charge in [0.15, 0.2) is 0 Å². The highest BCUT2D eigenvalue weighted by Crippen LogP contribution is 2.04. The molecular weight excluding hydrogens is 184 g/mol. The standard InChI is InChI=1S/C9H10N2O3/c1-10-9(14)8-3-6(4-12)2-7(5-13)11-8/h2-4,13H,5H2,1H3,(H,10,14). The molecule has 14 heavy (non-hydrogen) atoms. The second-order valence-corrected chi connectivity index (χ2v) is 2.63. The maximum absolute atomic E-state index is 11.2. The van der Waals surface area contributed by atoms with E-state index in [1.54, 1.807) is 0 Å². The molecule has 0 atom stereocenters. The summed E-state index contributed by atoms with van der Waals surface area (Å²) >= 11 is 0. The van der Waals surface area contributed by atoms with Gasteiger partial charge in [-0.15, -0.1) is 0 Å². The summed E-state index contributed by atoms with van der Waals surface area (Å²) in [5.74, 6) is -0.386. The molecule has 0 unspecified atom stereocenters. The van der Waals surface area contributed by atoms with Crippen molar-refractivity contribution in [3.05, 3.63) is 29.1 Å². The Balaban J connectivity index is 3.16. The molecule has 1 heterocycles. The summed E-state index contributed by atoms with van der Waals surface area (Å²) in [4.78, 5) is 25.5. The van der Waals surface area contributed by atoms with Crippen LogP contribution in [-0.4, -0.2) is 29.3 Å². The fourth-order valence-electron chi connectivity index (χ4n) is 1.00. The van der Waals surface area contributed by atoms with E-state index in [9.17, 15) is 9.59 Å². The number of carbonyl (C=O) groups excluding carboxylic acids is 2. The van der Waals surface area contributed by atoms with Crippen molar-refractivity contribution in [1.29, 1.82) is 0 Å². The van der Waals surface area contributed by atoms with Gasteiger partial charge in [-0.3, -0.25) is 9.59 Å². The average molecular weight is 194 g/mol. The molecule has 0 saturated carbocycles. The van der Waals surface area contributed by atoms with Gasteiger partial charge in [0.2, 0.25) is 0 Å². The molecule has 0 aromatic carbocycles. The zero-order chi connectivity index (χ0) is 10.6. The van der Waals surface area contributed by atoms with Gasteiger partial charge in [0.25, 0.3) is 5.91 Å². The van der Waals surface area contributed by atoms with E-state index in [0.717, 1.165) is 0 Å². The van der Waals surface area contributed by atoms with Gasteiger partial charge in [-0.2, -0.15) is 0 Å². The van der Waals surface area contributed by atoms with Gasteiger partial charge in [-0.1, -0.05) is 0 Å². The number of aldehydes is 1. The van der Waals surface area contributed by atoms with Crippen LogP contribution in [0.5, 0.6) is 0 Å². The predicted octanol–water partition coefficient (Wildman–Crippen LogP) is -0.254. The predicted molar refractivity (Wildman–Crippen MR) is 48.9 cm³/mol. The number of rotatable bonds is 3. The number of amides is 1. The number of aliphatic hydroxyl groups excluding tert-OH is 1. The minimum atomic E-state index is -0.386. The first kappa shape index (κ1) is 10.3. The lowest BCUT2D eigenvalue weighted by Gasteiger charge is -2.02. The summed E-state index contributed by atoms with van der Waals surface area (Å²) in [6.45, 7) is -0.300. The van der Waals surface area contributed by atoms with Crippen LogP contribution in [-0.2, 0) is 6.61 Å². The molecule has 0 bridgehead atoms. The van der Waals surface area contributed by atoms with Crippen LogP contribution in [0.2, 0.25) is 0 Å². The van der Waals surface area contributed by atoms with Crippen LogP contribution >= 0.6 is 0 Å². The van der Waals surface area contributed by atoms with Crippen LogP contribution in [0.1, 0.15) is 26.5 Å². The van der Waals surface area contributed by atoms with Crippen LogP contribution in [0.4, 0.5) is 0 Å². The van der Waals surface area contributed by atoms with E-state index in [1.807, 2.05) is 0 Å². The Morgan fingerprint density at radius 3 is 2.86 bits per heavy atom. The Kier molecular flexibility index (Phi) is 3.30. The first-order valence-corrected chi connectivity index (χ1v) is 4.00. The Morgan fingerprint density at radius 2 is 2.36 bits per heavy atom. The summed E-state index contributed by atoms with van der Waals surface area (Å²) in [6, 6.07) is 2.80. The summed E-state index contributed by atoms with van der Waals surface area (Å²) in [5, 5.41) is 11.2. The molecule has 74 valence electrons.